The fourth-order valence-corrected chi connectivity index (χ4v) is 4.23. The zero-order chi connectivity index (χ0) is 26.9. The smallest absolute Gasteiger partial charge is 0.254 e. The van der Waals surface area contributed by atoms with Crippen molar-refractivity contribution < 1.29 is 13.9 Å². The highest BCUT2D eigenvalue weighted by molar-refractivity contribution is 6.07. The van der Waals surface area contributed by atoms with Crippen LogP contribution >= 0.6 is 0 Å². The first-order valence-electron chi connectivity index (χ1n) is 12.8. The van der Waals surface area contributed by atoms with E-state index in [1.54, 1.807) is 36.2 Å². The summed E-state index contributed by atoms with van der Waals surface area (Å²) in [5.74, 6) is 0.827. The number of nitrogens with one attached hydrogen (secondary N) is 1. The third-order valence-corrected chi connectivity index (χ3v) is 6.40. The molecule has 8 heteroatoms. The molecule has 0 aliphatic carbocycles. The van der Waals surface area contributed by atoms with Crippen LogP contribution in [-0.2, 0) is 11.2 Å². The van der Waals surface area contributed by atoms with E-state index in [0.29, 0.717) is 48.0 Å². The maximum atomic E-state index is 15.0. The van der Waals surface area contributed by atoms with Crippen molar-refractivity contribution in [3.63, 3.8) is 0 Å². The molecule has 0 spiro atoms. The van der Waals surface area contributed by atoms with Gasteiger partial charge in [-0.1, -0.05) is 19.1 Å². The van der Waals surface area contributed by atoms with E-state index in [4.69, 9.17) is 10.00 Å². The van der Waals surface area contributed by atoms with Crippen molar-refractivity contribution in [3.05, 3.63) is 76.7 Å². The monoisotopic (exact) mass is 505 g/mol. The molecule has 1 N–H and O–H groups in total. The van der Waals surface area contributed by atoms with Gasteiger partial charge >= 0.3 is 0 Å². The van der Waals surface area contributed by atoms with Crippen molar-refractivity contribution in [2.75, 3.05) is 44.7 Å². The Morgan fingerprint density at radius 2 is 1.95 bits per heavy atom. The van der Waals surface area contributed by atoms with Crippen LogP contribution in [0.4, 0.5) is 10.1 Å². The Morgan fingerprint density at radius 3 is 2.49 bits per heavy atom. The highest BCUT2D eigenvalue weighted by Gasteiger charge is 2.28. The van der Waals surface area contributed by atoms with Crippen LogP contribution in [0.5, 0.6) is 0 Å². The fraction of sp³-hybridized carbons (Fsp3) is 0.414. The lowest BCUT2D eigenvalue weighted by Gasteiger charge is -2.25. The molecular weight excluding hydrogens is 469 g/mol. The summed E-state index contributed by atoms with van der Waals surface area (Å²) in [6.07, 6.45) is -0.370. The third-order valence-electron chi connectivity index (χ3n) is 6.40. The van der Waals surface area contributed by atoms with E-state index in [1.807, 2.05) is 32.9 Å². The summed E-state index contributed by atoms with van der Waals surface area (Å²) in [5, 5.41) is 12.1. The number of aliphatic imine (C=N–C) groups is 1. The summed E-state index contributed by atoms with van der Waals surface area (Å²) in [5.41, 5.74) is 4.34. The van der Waals surface area contributed by atoms with E-state index < -0.39 is 6.17 Å². The lowest BCUT2D eigenvalue weighted by molar-refractivity contribution is 0.0749. The number of hydrogen-bond donors (Lipinski definition) is 1. The van der Waals surface area contributed by atoms with E-state index in [0.717, 1.165) is 29.9 Å². The van der Waals surface area contributed by atoms with E-state index in [2.05, 4.69) is 27.9 Å². The minimum atomic E-state index is -1.23. The Hall–Kier alpha value is -3.86. The van der Waals surface area contributed by atoms with Crippen molar-refractivity contribution >= 4 is 17.4 Å². The van der Waals surface area contributed by atoms with Crippen molar-refractivity contribution in [2.24, 2.45) is 4.99 Å². The van der Waals surface area contributed by atoms with Crippen LogP contribution < -0.4 is 10.2 Å². The second-order valence-corrected chi connectivity index (χ2v) is 8.80. The number of carbonyl (C=O) groups excluding carboxylic acids is 1. The largest absolute Gasteiger partial charge is 0.480 e. The minimum Gasteiger partial charge on any atom is -0.480 e. The van der Waals surface area contributed by atoms with E-state index in [1.165, 1.54) is 0 Å². The zero-order valence-corrected chi connectivity index (χ0v) is 22.2. The van der Waals surface area contributed by atoms with Gasteiger partial charge in [-0.05, 0) is 62.2 Å². The Morgan fingerprint density at radius 1 is 1.24 bits per heavy atom. The highest BCUT2D eigenvalue weighted by atomic mass is 19.1. The quantitative estimate of drug-likeness (QED) is 0.191. The van der Waals surface area contributed by atoms with E-state index in [-0.39, 0.29) is 18.9 Å². The summed E-state index contributed by atoms with van der Waals surface area (Å²) >= 11 is 0. The highest BCUT2D eigenvalue weighted by Crippen LogP contribution is 2.31. The zero-order valence-electron chi connectivity index (χ0n) is 22.2. The van der Waals surface area contributed by atoms with Crippen LogP contribution in [0.15, 0.2) is 53.9 Å². The molecule has 0 bridgehead atoms. The van der Waals surface area contributed by atoms with Crippen molar-refractivity contribution in [1.82, 2.24) is 10.2 Å². The summed E-state index contributed by atoms with van der Waals surface area (Å²) < 4.78 is 20.4. The molecule has 0 aromatic heterocycles. The van der Waals surface area contributed by atoms with Gasteiger partial charge < -0.3 is 19.9 Å². The number of benzene rings is 2. The maximum Gasteiger partial charge on any atom is 0.254 e. The van der Waals surface area contributed by atoms with Crippen LogP contribution in [0.25, 0.3) is 0 Å². The topological polar surface area (TPSA) is 80.7 Å². The van der Waals surface area contributed by atoms with Gasteiger partial charge in [-0.2, -0.15) is 5.26 Å². The molecule has 7 nitrogen and oxygen atoms in total. The first-order valence-corrected chi connectivity index (χ1v) is 12.8. The molecule has 1 heterocycles. The number of anilines is 1. The van der Waals surface area contributed by atoms with Crippen LogP contribution in [0.1, 0.15) is 66.0 Å². The minimum absolute atomic E-state index is 0.135. The molecule has 1 fully saturated rings. The second-order valence-electron chi connectivity index (χ2n) is 8.80. The lowest BCUT2D eigenvalue weighted by Crippen LogP contribution is -2.33. The summed E-state index contributed by atoms with van der Waals surface area (Å²) in [4.78, 5) is 22.1. The normalized spacial score (nSPS) is 13.5. The summed E-state index contributed by atoms with van der Waals surface area (Å²) in [7, 11) is 1.69. The number of aryl methyl sites for hydroxylation is 1. The van der Waals surface area contributed by atoms with Gasteiger partial charge in [0.2, 0.25) is 0 Å². The predicted octanol–water partition coefficient (Wildman–Crippen LogP) is 4.98. The van der Waals surface area contributed by atoms with Gasteiger partial charge in [0.05, 0.1) is 18.2 Å². The Labute approximate surface area is 219 Å². The van der Waals surface area contributed by atoms with Crippen LogP contribution in [0.3, 0.4) is 0 Å². The summed E-state index contributed by atoms with van der Waals surface area (Å²) in [6.45, 7) is 12.8. The van der Waals surface area contributed by atoms with Gasteiger partial charge in [0.1, 0.15) is 12.0 Å². The van der Waals surface area contributed by atoms with Crippen LogP contribution in [0, 0.1) is 11.3 Å². The molecule has 1 unspecified atom stereocenters. The number of rotatable bonds is 12. The molecule has 1 amide bonds. The van der Waals surface area contributed by atoms with Gasteiger partial charge in [-0.15, -0.1) is 0 Å². The fourth-order valence-electron chi connectivity index (χ4n) is 4.23. The van der Waals surface area contributed by atoms with Gasteiger partial charge in [0, 0.05) is 56.5 Å². The molecule has 196 valence electrons. The summed E-state index contributed by atoms with van der Waals surface area (Å²) in [6, 6.07) is 12.5. The molecule has 3 rings (SSSR count). The Kier molecular flexibility index (Phi) is 9.67. The van der Waals surface area contributed by atoms with Gasteiger partial charge in [-0.3, -0.25) is 9.79 Å². The third kappa shape index (κ3) is 6.88. The van der Waals surface area contributed by atoms with Crippen LogP contribution in [-0.4, -0.2) is 56.5 Å². The SMILES string of the molecule is C=C(N/C(=N/C)c1cc(C(=O)N(CC)CCC(F)c2ccc(C#N)cc2)c(CC)cc1N1CC1)OCC. The van der Waals surface area contributed by atoms with E-state index >= 15 is 0 Å². The average Bonchev–Trinajstić information content (AvgIpc) is 3.77. The number of hydrogen-bond acceptors (Lipinski definition) is 5. The molecule has 2 aromatic carbocycles. The molecule has 1 saturated heterocycles. The maximum absolute atomic E-state index is 15.0. The number of alkyl halides is 1. The first kappa shape index (κ1) is 27.7. The Bertz CT molecular complexity index is 1180. The molecule has 0 saturated carbocycles. The molecule has 1 aliphatic rings. The van der Waals surface area contributed by atoms with Gasteiger partial charge in [0.25, 0.3) is 5.91 Å². The number of amidine groups is 1. The lowest BCUT2D eigenvalue weighted by atomic mass is 9.97. The van der Waals surface area contributed by atoms with E-state index in [9.17, 15) is 9.18 Å². The number of nitriles is 1. The first-order chi connectivity index (χ1) is 17.9. The second kappa shape index (κ2) is 12.9. The molecule has 1 atom stereocenters. The predicted molar refractivity (Wildman–Crippen MR) is 146 cm³/mol. The average molecular weight is 506 g/mol. The standard InChI is InChI=1S/C29H36FN5O2/c1-6-22-17-27(35-15-16-35)25(28(32-5)33-20(4)37-8-3)18-24(22)29(36)34(7-2)14-13-26(30)23-11-9-21(19-31)10-12-23/h9-12,17-18,26H,4,6-8,13-16H2,1-3,5H3,(H,32,33). The molecule has 37 heavy (non-hydrogen) atoms. The van der Waals surface area contributed by atoms with Crippen molar-refractivity contribution in [3.8, 4) is 6.07 Å². The molecule has 2 aromatic rings. The number of halogens is 1. The molecule has 1 aliphatic heterocycles. The number of nitrogens with zero attached hydrogens (tertiary/aromatic N) is 4. The van der Waals surface area contributed by atoms with Crippen molar-refractivity contribution in [2.45, 2.75) is 39.8 Å². The molecular formula is C29H36FN5O2. The number of amides is 1. The number of ether oxygens (including phenoxy) is 1. The van der Waals surface area contributed by atoms with Crippen molar-refractivity contribution in [1.29, 1.82) is 5.26 Å². The molecule has 0 radical (unpaired) electrons. The van der Waals surface area contributed by atoms with Crippen LogP contribution in [0.2, 0.25) is 0 Å². The van der Waals surface area contributed by atoms with Gasteiger partial charge in [0.15, 0.2) is 5.88 Å². The number of carbonyl (C=O) groups is 1. The Balaban J connectivity index is 1.86. The van der Waals surface area contributed by atoms with Gasteiger partial charge in [-0.25, -0.2) is 4.39 Å².